The molecule has 1 aliphatic heterocycles. The minimum Gasteiger partial charge on any atom is -0.308 e. The van der Waals surface area contributed by atoms with E-state index in [2.05, 4.69) is 34.0 Å². The number of likely N-dealkylation sites (tertiary alicyclic amines) is 1. The SMILES string of the molecule is CCN1CCCC(C(C)NCc2ccnc(C)n2)C1. The number of hydrogen-bond acceptors (Lipinski definition) is 4. The van der Waals surface area contributed by atoms with E-state index >= 15 is 0 Å². The Labute approximate surface area is 116 Å². The first-order valence-electron chi connectivity index (χ1n) is 7.43. The van der Waals surface area contributed by atoms with E-state index in [0.29, 0.717) is 6.04 Å². The number of aromatic nitrogens is 2. The van der Waals surface area contributed by atoms with Crippen LogP contribution in [0.25, 0.3) is 0 Å². The molecule has 4 heteroatoms. The molecule has 1 saturated heterocycles. The molecule has 0 aliphatic carbocycles. The van der Waals surface area contributed by atoms with E-state index in [9.17, 15) is 0 Å². The molecule has 1 aromatic heterocycles. The molecule has 0 saturated carbocycles. The first-order chi connectivity index (χ1) is 9.19. The van der Waals surface area contributed by atoms with Crippen LogP contribution in [0.1, 0.15) is 38.2 Å². The average Bonchev–Trinajstić information content (AvgIpc) is 2.45. The smallest absolute Gasteiger partial charge is 0.125 e. The normalized spacial score (nSPS) is 22.4. The van der Waals surface area contributed by atoms with Crippen molar-refractivity contribution in [2.75, 3.05) is 19.6 Å². The lowest BCUT2D eigenvalue weighted by molar-refractivity contribution is 0.156. The predicted molar refractivity (Wildman–Crippen MR) is 77.9 cm³/mol. The number of piperidine rings is 1. The van der Waals surface area contributed by atoms with E-state index < -0.39 is 0 Å². The van der Waals surface area contributed by atoms with E-state index in [4.69, 9.17) is 0 Å². The van der Waals surface area contributed by atoms with Crippen LogP contribution in [0.5, 0.6) is 0 Å². The largest absolute Gasteiger partial charge is 0.308 e. The summed E-state index contributed by atoms with van der Waals surface area (Å²) in [5, 5.41) is 3.62. The van der Waals surface area contributed by atoms with Crippen LogP contribution < -0.4 is 5.32 Å². The molecule has 0 aromatic carbocycles. The van der Waals surface area contributed by atoms with Crippen LogP contribution in [0.2, 0.25) is 0 Å². The van der Waals surface area contributed by atoms with Gasteiger partial charge in [-0.3, -0.25) is 0 Å². The molecule has 1 aliphatic rings. The Hall–Kier alpha value is -1.00. The standard InChI is InChI=1S/C15H26N4/c1-4-19-9-5-6-14(11-19)12(2)17-10-15-7-8-16-13(3)18-15/h7-8,12,14,17H,4-6,9-11H2,1-3H3. The van der Waals surface area contributed by atoms with Crippen molar-refractivity contribution in [3.05, 3.63) is 23.8 Å². The number of aryl methyl sites for hydroxylation is 1. The lowest BCUT2D eigenvalue weighted by atomic mass is 9.91. The Kier molecular flexibility index (Phi) is 5.28. The summed E-state index contributed by atoms with van der Waals surface area (Å²) in [6.45, 7) is 11.0. The van der Waals surface area contributed by atoms with Crippen molar-refractivity contribution in [2.24, 2.45) is 5.92 Å². The molecule has 0 radical (unpaired) electrons. The Morgan fingerprint density at radius 3 is 3.11 bits per heavy atom. The fourth-order valence-electron chi connectivity index (χ4n) is 2.82. The number of nitrogens with zero attached hydrogens (tertiary/aromatic N) is 3. The van der Waals surface area contributed by atoms with Gasteiger partial charge >= 0.3 is 0 Å². The summed E-state index contributed by atoms with van der Waals surface area (Å²) in [7, 11) is 0. The molecule has 1 fully saturated rings. The third kappa shape index (κ3) is 4.25. The Morgan fingerprint density at radius 1 is 1.53 bits per heavy atom. The highest BCUT2D eigenvalue weighted by Gasteiger charge is 2.23. The summed E-state index contributed by atoms with van der Waals surface area (Å²) in [6, 6.07) is 2.54. The molecular formula is C15H26N4. The van der Waals surface area contributed by atoms with Crippen LogP contribution in [0.3, 0.4) is 0 Å². The van der Waals surface area contributed by atoms with E-state index in [1.54, 1.807) is 0 Å². The molecule has 19 heavy (non-hydrogen) atoms. The monoisotopic (exact) mass is 262 g/mol. The first-order valence-corrected chi connectivity index (χ1v) is 7.43. The Bertz CT molecular complexity index is 393. The van der Waals surface area contributed by atoms with Gasteiger partial charge in [0.2, 0.25) is 0 Å². The fourth-order valence-corrected chi connectivity index (χ4v) is 2.82. The van der Waals surface area contributed by atoms with E-state index in [-0.39, 0.29) is 0 Å². The van der Waals surface area contributed by atoms with Gasteiger partial charge in [-0.05, 0) is 51.8 Å². The first kappa shape index (κ1) is 14.4. The third-order valence-corrected chi connectivity index (χ3v) is 4.14. The molecule has 2 heterocycles. The summed E-state index contributed by atoms with van der Waals surface area (Å²) in [6.07, 6.45) is 4.51. The zero-order valence-electron chi connectivity index (χ0n) is 12.4. The van der Waals surface area contributed by atoms with Gasteiger partial charge < -0.3 is 10.2 Å². The van der Waals surface area contributed by atoms with E-state index in [1.165, 1.54) is 32.5 Å². The average molecular weight is 262 g/mol. The van der Waals surface area contributed by atoms with Crippen molar-refractivity contribution in [1.29, 1.82) is 0 Å². The van der Waals surface area contributed by atoms with E-state index in [0.717, 1.165) is 24.0 Å². The lowest BCUT2D eigenvalue weighted by Crippen LogP contribution is -2.44. The maximum atomic E-state index is 4.44. The molecule has 2 unspecified atom stereocenters. The van der Waals surface area contributed by atoms with Crippen molar-refractivity contribution in [1.82, 2.24) is 20.2 Å². The van der Waals surface area contributed by atoms with Crippen molar-refractivity contribution in [2.45, 2.75) is 46.2 Å². The van der Waals surface area contributed by atoms with Crippen molar-refractivity contribution in [3.8, 4) is 0 Å². The molecule has 1 N–H and O–H groups in total. The van der Waals surface area contributed by atoms with Gasteiger partial charge in [0, 0.05) is 25.3 Å². The van der Waals surface area contributed by atoms with Gasteiger partial charge in [-0.25, -0.2) is 9.97 Å². The maximum absolute atomic E-state index is 4.44. The summed E-state index contributed by atoms with van der Waals surface area (Å²) in [5.74, 6) is 1.61. The highest BCUT2D eigenvalue weighted by atomic mass is 15.1. The molecule has 2 rings (SSSR count). The Balaban J connectivity index is 1.82. The minimum absolute atomic E-state index is 0.546. The number of nitrogens with one attached hydrogen (secondary N) is 1. The van der Waals surface area contributed by atoms with Gasteiger partial charge in [0.05, 0.1) is 5.69 Å². The molecule has 106 valence electrons. The summed E-state index contributed by atoms with van der Waals surface area (Å²) in [4.78, 5) is 11.1. The molecule has 0 amide bonds. The molecule has 1 aromatic rings. The zero-order valence-corrected chi connectivity index (χ0v) is 12.4. The molecular weight excluding hydrogens is 236 g/mol. The van der Waals surface area contributed by atoms with Gasteiger partial charge in [0.1, 0.15) is 5.82 Å². The second kappa shape index (κ2) is 6.96. The van der Waals surface area contributed by atoms with Crippen LogP contribution in [0, 0.1) is 12.8 Å². The molecule has 0 bridgehead atoms. The summed E-state index contributed by atoms with van der Waals surface area (Å²) < 4.78 is 0. The topological polar surface area (TPSA) is 41.0 Å². The molecule has 4 nitrogen and oxygen atoms in total. The van der Waals surface area contributed by atoms with Gasteiger partial charge in [-0.2, -0.15) is 0 Å². The molecule has 0 spiro atoms. The van der Waals surface area contributed by atoms with Crippen molar-refractivity contribution < 1.29 is 0 Å². The Morgan fingerprint density at radius 2 is 2.37 bits per heavy atom. The van der Waals surface area contributed by atoms with Crippen molar-refractivity contribution >= 4 is 0 Å². The van der Waals surface area contributed by atoms with Gasteiger partial charge in [-0.15, -0.1) is 0 Å². The number of hydrogen-bond donors (Lipinski definition) is 1. The third-order valence-electron chi connectivity index (χ3n) is 4.14. The zero-order chi connectivity index (χ0) is 13.7. The van der Waals surface area contributed by atoms with Crippen LogP contribution in [0.15, 0.2) is 12.3 Å². The van der Waals surface area contributed by atoms with E-state index in [1.807, 2.05) is 19.2 Å². The predicted octanol–water partition coefficient (Wildman–Crippen LogP) is 2.00. The van der Waals surface area contributed by atoms with Crippen LogP contribution in [0.4, 0.5) is 0 Å². The van der Waals surface area contributed by atoms with Crippen molar-refractivity contribution in [3.63, 3.8) is 0 Å². The lowest BCUT2D eigenvalue weighted by Gasteiger charge is -2.35. The second-order valence-electron chi connectivity index (χ2n) is 5.56. The summed E-state index contributed by atoms with van der Waals surface area (Å²) >= 11 is 0. The molecule has 2 atom stereocenters. The quantitative estimate of drug-likeness (QED) is 0.881. The minimum atomic E-state index is 0.546. The van der Waals surface area contributed by atoms with Crippen LogP contribution >= 0.6 is 0 Å². The van der Waals surface area contributed by atoms with Crippen LogP contribution in [-0.4, -0.2) is 40.5 Å². The van der Waals surface area contributed by atoms with Gasteiger partial charge in [0.15, 0.2) is 0 Å². The van der Waals surface area contributed by atoms with Crippen LogP contribution in [-0.2, 0) is 6.54 Å². The highest BCUT2D eigenvalue weighted by Crippen LogP contribution is 2.19. The van der Waals surface area contributed by atoms with Gasteiger partial charge in [0.25, 0.3) is 0 Å². The second-order valence-corrected chi connectivity index (χ2v) is 5.56. The highest BCUT2D eigenvalue weighted by molar-refractivity contribution is 5.01. The van der Waals surface area contributed by atoms with Gasteiger partial charge in [-0.1, -0.05) is 6.92 Å². The fraction of sp³-hybridized carbons (Fsp3) is 0.733. The maximum Gasteiger partial charge on any atom is 0.125 e. The summed E-state index contributed by atoms with van der Waals surface area (Å²) in [5.41, 5.74) is 1.09. The number of rotatable bonds is 5.